The van der Waals surface area contributed by atoms with E-state index in [1.54, 1.807) is 13.2 Å². The van der Waals surface area contributed by atoms with Crippen molar-refractivity contribution in [3.8, 4) is 23.0 Å². The average molecular weight is 394 g/mol. The number of carboxylic acids is 1. The molecule has 0 aliphatic heterocycles. The molecule has 5 nitrogen and oxygen atoms in total. The molecule has 0 spiro atoms. The average Bonchev–Trinajstić information content (AvgIpc) is 2.67. The van der Waals surface area contributed by atoms with Crippen LogP contribution in [0.25, 0.3) is 0 Å². The predicted molar refractivity (Wildman–Crippen MR) is 108 cm³/mol. The third-order valence-electron chi connectivity index (χ3n) is 7.22. The Bertz CT molecular complexity index is 928. The zero-order chi connectivity index (χ0) is 20.2. The van der Waals surface area contributed by atoms with Gasteiger partial charge in [-0.1, -0.05) is 0 Å². The van der Waals surface area contributed by atoms with Gasteiger partial charge >= 0.3 is 5.97 Å². The van der Waals surface area contributed by atoms with Crippen LogP contribution in [-0.4, -0.2) is 23.3 Å². The predicted octanol–water partition coefficient (Wildman–Crippen LogP) is 5.36. The van der Waals surface area contributed by atoms with Crippen LogP contribution in [-0.2, 0) is 5.41 Å². The lowest BCUT2D eigenvalue weighted by Crippen LogP contribution is -2.48. The number of hydrogen-bond acceptors (Lipinski definition) is 4. The molecule has 2 aromatic rings. The molecule has 5 heteroatoms. The molecule has 6 rings (SSSR count). The fourth-order valence-corrected chi connectivity index (χ4v) is 6.50. The Morgan fingerprint density at radius 2 is 1.55 bits per heavy atom. The van der Waals surface area contributed by atoms with Crippen molar-refractivity contribution in [2.75, 3.05) is 7.11 Å². The molecule has 0 unspecified atom stereocenters. The molecule has 0 aromatic heterocycles. The number of methoxy groups -OCH3 is 1. The fourth-order valence-electron chi connectivity index (χ4n) is 6.50. The van der Waals surface area contributed by atoms with Gasteiger partial charge in [0.05, 0.1) is 7.11 Å². The van der Waals surface area contributed by atoms with Gasteiger partial charge in [-0.2, -0.15) is 0 Å². The number of aromatic hydroxyl groups is 1. The number of benzene rings is 2. The molecule has 4 saturated carbocycles. The van der Waals surface area contributed by atoms with E-state index in [9.17, 15) is 9.90 Å². The monoisotopic (exact) mass is 394 g/mol. The summed E-state index contributed by atoms with van der Waals surface area (Å²) in [7, 11) is 1.72. The van der Waals surface area contributed by atoms with Crippen molar-refractivity contribution in [1.29, 1.82) is 0 Å². The maximum absolute atomic E-state index is 11.1. The van der Waals surface area contributed by atoms with Crippen LogP contribution in [0.3, 0.4) is 0 Å². The van der Waals surface area contributed by atoms with Crippen LogP contribution < -0.4 is 9.47 Å². The Hall–Kier alpha value is -2.69. The number of carbonyl (C=O) groups is 1. The summed E-state index contributed by atoms with van der Waals surface area (Å²) < 4.78 is 11.7. The van der Waals surface area contributed by atoms with Gasteiger partial charge in [0.15, 0.2) is 0 Å². The lowest BCUT2D eigenvalue weighted by Gasteiger charge is -2.57. The highest BCUT2D eigenvalue weighted by Crippen LogP contribution is 2.62. The van der Waals surface area contributed by atoms with Crippen molar-refractivity contribution in [3.63, 3.8) is 0 Å². The number of aromatic carboxylic acids is 1. The van der Waals surface area contributed by atoms with E-state index in [-0.39, 0.29) is 16.7 Å². The molecule has 4 bridgehead atoms. The molecule has 4 aliphatic carbocycles. The first kappa shape index (κ1) is 18.3. The van der Waals surface area contributed by atoms with Gasteiger partial charge in [0.2, 0.25) is 0 Å². The molecule has 4 aliphatic rings. The van der Waals surface area contributed by atoms with Gasteiger partial charge in [-0.25, -0.2) is 4.79 Å². The van der Waals surface area contributed by atoms with Gasteiger partial charge in [0, 0.05) is 11.6 Å². The second-order valence-electron chi connectivity index (χ2n) is 9.15. The van der Waals surface area contributed by atoms with Crippen LogP contribution in [0.1, 0.15) is 54.4 Å². The summed E-state index contributed by atoms with van der Waals surface area (Å²) in [6.45, 7) is 0. The third-order valence-corrected chi connectivity index (χ3v) is 7.22. The largest absolute Gasteiger partial charge is 0.507 e. The van der Waals surface area contributed by atoms with Crippen LogP contribution >= 0.6 is 0 Å². The summed E-state index contributed by atoms with van der Waals surface area (Å²) >= 11 is 0. The molecule has 152 valence electrons. The molecule has 0 amide bonds. The quantitative estimate of drug-likeness (QED) is 0.714. The molecule has 2 N–H and O–H groups in total. The smallest absolute Gasteiger partial charge is 0.339 e. The standard InChI is InChI=1S/C24H26O5/c1-28-22-5-3-17(29-18-2-4-19(23(26)27)21(25)10-18)9-20(22)24-11-14-6-15(12-24)8-16(7-14)13-24/h2-5,9-10,14-16,25H,6-8,11-13H2,1H3,(H,26,27). The van der Waals surface area contributed by atoms with Crippen molar-refractivity contribution >= 4 is 5.97 Å². The van der Waals surface area contributed by atoms with E-state index < -0.39 is 5.97 Å². The highest BCUT2D eigenvalue weighted by Gasteiger charge is 2.52. The summed E-state index contributed by atoms with van der Waals surface area (Å²) in [6.07, 6.45) is 7.83. The molecular formula is C24H26O5. The minimum atomic E-state index is -1.16. The van der Waals surface area contributed by atoms with Gasteiger partial charge in [0.1, 0.15) is 28.6 Å². The number of rotatable bonds is 5. The Morgan fingerprint density at radius 1 is 0.966 bits per heavy atom. The van der Waals surface area contributed by atoms with Crippen molar-refractivity contribution in [2.45, 2.75) is 43.9 Å². The summed E-state index contributed by atoms with van der Waals surface area (Å²) in [4.78, 5) is 11.1. The van der Waals surface area contributed by atoms with Crippen molar-refractivity contribution in [2.24, 2.45) is 17.8 Å². The molecule has 2 aromatic carbocycles. The van der Waals surface area contributed by atoms with E-state index in [1.807, 2.05) is 12.1 Å². The van der Waals surface area contributed by atoms with Gasteiger partial charge in [-0.05, 0) is 92.0 Å². The first-order chi connectivity index (χ1) is 14.0. The topological polar surface area (TPSA) is 76.0 Å². The molecular weight excluding hydrogens is 368 g/mol. The molecule has 0 radical (unpaired) electrons. The molecule has 0 heterocycles. The third kappa shape index (κ3) is 3.13. The normalized spacial score (nSPS) is 29.6. The highest BCUT2D eigenvalue weighted by atomic mass is 16.5. The van der Waals surface area contributed by atoms with Gasteiger partial charge in [-0.3, -0.25) is 0 Å². The van der Waals surface area contributed by atoms with Gasteiger partial charge in [0.25, 0.3) is 0 Å². The Kier molecular flexibility index (Phi) is 4.23. The van der Waals surface area contributed by atoms with E-state index in [0.29, 0.717) is 11.5 Å². The number of carboxylic acid groups (broad SMARTS) is 1. The van der Waals surface area contributed by atoms with Gasteiger partial charge < -0.3 is 19.7 Å². The first-order valence-corrected chi connectivity index (χ1v) is 10.4. The maximum Gasteiger partial charge on any atom is 0.339 e. The molecule has 0 saturated heterocycles. The highest BCUT2D eigenvalue weighted by molar-refractivity contribution is 5.90. The van der Waals surface area contributed by atoms with Crippen molar-refractivity contribution in [1.82, 2.24) is 0 Å². The molecule has 4 fully saturated rings. The molecule has 29 heavy (non-hydrogen) atoms. The van der Waals surface area contributed by atoms with Crippen LogP contribution in [0.2, 0.25) is 0 Å². The van der Waals surface area contributed by atoms with Gasteiger partial charge in [-0.15, -0.1) is 0 Å². The van der Waals surface area contributed by atoms with Crippen LogP contribution in [0.5, 0.6) is 23.0 Å². The Morgan fingerprint density at radius 3 is 2.10 bits per heavy atom. The molecule has 0 atom stereocenters. The number of ether oxygens (including phenoxy) is 2. The van der Waals surface area contributed by atoms with E-state index in [0.717, 1.165) is 23.5 Å². The zero-order valence-corrected chi connectivity index (χ0v) is 16.6. The van der Waals surface area contributed by atoms with Crippen molar-refractivity contribution < 1.29 is 24.5 Å². The lowest BCUT2D eigenvalue weighted by molar-refractivity contribution is -0.00623. The summed E-state index contributed by atoms with van der Waals surface area (Å²) in [5.74, 6) is 3.03. The number of hydrogen-bond donors (Lipinski definition) is 2. The summed E-state index contributed by atoms with van der Waals surface area (Å²) in [5, 5.41) is 19.0. The van der Waals surface area contributed by atoms with E-state index in [2.05, 4.69) is 6.07 Å². The fraction of sp³-hybridized carbons (Fsp3) is 0.458. The SMILES string of the molecule is COc1ccc(Oc2ccc(C(=O)O)c(O)c2)cc1C12CC3CC(CC(C3)C1)C2. The van der Waals surface area contributed by atoms with Crippen molar-refractivity contribution in [3.05, 3.63) is 47.5 Å². The van der Waals surface area contributed by atoms with E-state index in [1.165, 1.54) is 56.2 Å². The minimum Gasteiger partial charge on any atom is -0.507 e. The Balaban J connectivity index is 1.48. The van der Waals surface area contributed by atoms with Crippen LogP contribution in [0.15, 0.2) is 36.4 Å². The lowest BCUT2D eigenvalue weighted by atomic mass is 9.48. The second kappa shape index (κ2) is 6.68. The summed E-state index contributed by atoms with van der Waals surface area (Å²) in [5.41, 5.74) is 1.28. The van der Waals surface area contributed by atoms with Crippen LogP contribution in [0.4, 0.5) is 0 Å². The second-order valence-corrected chi connectivity index (χ2v) is 9.15. The van der Waals surface area contributed by atoms with E-state index >= 15 is 0 Å². The van der Waals surface area contributed by atoms with Crippen LogP contribution in [0, 0.1) is 17.8 Å². The maximum atomic E-state index is 11.1. The number of phenols is 1. The van der Waals surface area contributed by atoms with E-state index in [4.69, 9.17) is 14.6 Å². The minimum absolute atomic E-state index is 0.138. The zero-order valence-electron chi connectivity index (χ0n) is 16.6. The summed E-state index contributed by atoms with van der Waals surface area (Å²) in [6, 6.07) is 10.2. The first-order valence-electron chi connectivity index (χ1n) is 10.4. The Labute approximate surface area is 170 Å².